The normalized spacial score (nSPS) is 10.5. The molecule has 0 saturated carbocycles. The molecule has 0 atom stereocenters. The highest BCUT2D eigenvalue weighted by molar-refractivity contribution is 5.97. The van der Waals surface area contributed by atoms with Crippen LogP contribution in [0.3, 0.4) is 0 Å². The van der Waals surface area contributed by atoms with Crippen molar-refractivity contribution in [1.29, 1.82) is 0 Å². The molecule has 0 fully saturated rings. The standard InChI is InChI=1S/C17H15NO3/c1-20-17(19)15-10-13-14(18-15)8-5-9-16(13)21-11-12-6-3-2-4-7-12/h2-10,18H,11H2,1H3. The average molecular weight is 281 g/mol. The SMILES string of the molecule is COC(=O)c1cc2c(OCc3ccccc3)cccc2[nH]1. The molecule has 0 amide bonds. The molecule has 2 aromatic carbocycles. The first-order chi connectivity index (χ1) is 10.3. The lowest BCUT2D eigenvalue weighted by atomic mass is 10.2. The molecule has 4 nitrogen and oxygen atoms in total. The van der Waals surface area contributed by atoms with Crippen molar-refractivity contribution in [2.45, 2.75) is 6.61 Å². The van der Waals surface area contributed by atoms with Crippen LogP contribution in [-0.4, -0.2) is 18.1 Å². The van der Waals surface area contributed by atoms with Gasteiger partial charge in [0.05, 0.1) is 7.11 Å². The zero-order valence-electron chi connectivity index (χ0n) is 11.6. The summed E-state index contributed by atoms with van der Waals surface area (Å²) in [6.07, 6.45) is 0. The van der Waals surface area contributed by atoms with Gasteiger partial charge in [0.1, 0.15) is 18.1 Å². The Morgan fingerprint density at radius 1 is 1.10 bits per heavy atom. The Hall–Kier alpha value is -2.75. The van der Waals surface area contributed by atoms with Crippen molar-refractivity contribution < 1.29 is 14.3 Å². The van der Waals surface area contributed by atoms with E-state index in [1.807, 2.05) is 48.5 Å². The molecule has 0 spiro atoms. The molecule has 0 saturated heterocycles. The molecule has 1 heterocycles. The van der Waals surface area contributed by atoms with Gasteiger partial charge in [-0.1, -0.05) is 36.4 Å². The van der Waals surface area contributed by atoms with Crippen LogP contribution in [0, 0.1) is 0 Å². The van der Waals surface area contributed by atoms with E-state index in [9.17, 15) is 4.79 Å². The summed E-state index contributed by atoms with van der Waals surface area (Å²) in [4.78, 5) is 14.6. The fourth-order valence-electron chi connectivity index (χ4n) is 2.21. The van der Waals surface area contributed by atoms with Crippen molar-refractivity contribution in [3.63, 3.8) is 0 Å². The third-order valence-electron chi connectivity index (χ3n) is 3.27. The molecule has 1 N–H and O–H groups in total. The number of aromatic amines is 1. The van der Waals surface area contributed by atoms with Crippen LogP contribution in [0.4, 0.5) is 0 Å². The van der Waals surface area contributed by atoms with E-state index in [1.165, 1.54) is 7.11 Å². The molecule has 0 radical (unpaired) electrons. The largest absolute Gasteiger partial charge is 0.488 e. The van der Waals surface area contributed by atoms with Gasteiger partial charge in [-0.15, -0.1) is 0 Å². The van der Waals surface area contributed by atoms with Crippen molar-refractivity contribution in [3.8, 4) is 5.75 Å². The molecule has 1 aromatic heterocycles. The van der Waals surface area contributed by atoms with Crippen molar-refractivity contribution in [2.24, 2.45) is 0 Å². The van der Waals surface area contributed by atoms with E-state index >= 15 is 0 Å². The Morgan fingerprint density at radius 3 is 2.67 bits per heavy atom. The molecule has 106 valence electrons. The second-order valence-electron chi connectivity index (χ2n) is 4.67. The third-order valence-corrected chi connectivity index (χ3v) is 3.27. The zero-order valence-corrected chi connectivity index (χ0v) is 11.6. The van der Waals surface area contributed by atoms with Crippen molar-refractivity contribution >= 4 is 16.9 Å². The van der Waals surface area contributed by atoms with Crippen molar-refractivity contribution in [3.05, 3.63) is 65.9 Å². The number of fused-ring (bicyclic) bond motifs is 1. The topological polar surface area (TPSA) is 51.3 Å². The zero-order chi connectivity index (χ0) is 14.7. The van der Waals surface area contributed by atoms with Crippen LogP contribution in [-0.2, 0) is 11.3 Å². The van der Waals surface area contributed by atoms with E-state index in [0.29, 0.717) is 12.3 Å². The number of ether oxygens (including phenoxy) is 2. The van der Waals surface area contributed by atoms with Gasteiger partial charge >= 0.3 is 5.97 Å². The quantitative estimate of drug-likeness (QED) is 0.744. The van der Waals surface area contributed by atoms with Crippen molar-refractivity contribution in [1.82, 2.24) is 4.98 Å². The smallest absolute Gasteiger partial charge is 0.354 e. The third kappa shape index (κ3) is 2.74. The van der Waals surface area contributed by atoms with Crippen LogP contribution in [0.1, 0.15) is 16.1 Å². The number of aromatic nitrogens is 1. The first-order valence-electron chi connectivity index (χ1n) is 6.64. The Bertz CT molecular complexity index is 762. The number of esters is 1. The van der Waals surface area contributed by atoms with Gasteiger partial charge in [-0.05, 0) is 23.8 Å². The molecule has 21 heavy (non-hydrogen) atoms. The number of carbonyl (C=O) groups excluding carboxylic acids is 1. The summed E-state index contributed by atoms with van der Waals surface area (Å²) in [6, 6.07) is 17.4. The van der Waals surface area contributed by atoms with Gasteiger partial charge in [-0.3, -0.25) is 0 Å². The molecule has 3 aromatic rings. The minimum absolute atomic E-state index is 0.389. The number of carbonyl (C=O) groups is 1. The van der Waals surface area contributed by atoms with E-state index in [1.54, 1.807) is 6.07 Å². The number of nitrogens with one attached hydrogen (secondary N) is 1. The number of methoxy groups -OCH3 is 1. The molecule has 0 aliphatic carbocycles. The second kappa shape index (κ2) is 5.71. The van der Waals surface area contributed by atoms with E-state index in [0.717, 1.165) is 22.2 Å². The van der Waals surface area contributed by atoms with E-state index in [2.05, 4.69) is 4.98 Å². The van der Waals surface area contributed by atoms with Crippen LogP contribution >= 0.6 is 0 Å². The van der Waals surface area contributed by atoms with Gasteiger partial charge in [0.25, 0.3) is 0 Å². The number of benzene rings is 2. The lowest BCUT2D eigenvalue weighted by Crippen LogP contribution is -2.00. The van der Waals surface area contributed by atoms with Gasteiger partial charge in [0, 0.05) is 10.9 Å². The van der Waals surface area contributed by atoms with E-state index in [-0.39, 0.29) is 5.97 Å². The Labute approximate surface area is 122 Å². The number of rotatable bonds is 4. The highest BCUT2D eigenvalue weighted by Gasteiger charge is 2.12. The molecular weight excluding hydrogens is 266 g/mol. The molecular formula is C17H15NO3. The maximum absolute atomic E-state index is 11.6. The molecule has 0 unspecified atom stereocenters. The summed E-state index contributed by atoms with van der Waals surface area (Å²) < 4.78 is 10.6. The Morgan fingerprint density at radius 2 is 1.90 bits per heavy atom. The summed E-state index contributed by atoms with van der Waals surface area (Å²) in [5.74, 6) is 0.350. The first-order valence-corrected chi connectivity index (χ1v) is 6.64. The minimum Gasteiger partial charge on any atom is -0.488 e. The van der Waals surface area contributed by atoms with Crippen LogP contribution in [0.2, 0.25) is 0 Å². The summed E-state index contributed by atoms with van der Waals surface area (Å²) in [6.45, 7) is 0.485. The maximum Gasteiger partial charge on any atom is 0.354 e. The lowest BCUT2D eigenvalue weighted by molar-refractivity contribution is 0.0595. The van der Waals surface area contributed by atoms with Gasteiger partial charge in [-0.25, -0.2) is 4.79 Å². The highest BCUT2D eigenvalue weighted by atomic mass is 16.5. The van der Waals surface area contributed by atoms with Gasteiger partial charge in [0.2, 0.25) is 0 Å². The van der Waals surface area contributed by atoms with E-state index in [4.69, 9.17) is 9.47 Å². The average Bonchev–Trinajstić information content (AvgIpc) is 2.97. The van der Waals surface area contributed by atoms with Gasteiger partial charge in [0.15, 0.2) is 0 Å². The summed E-state index contributed by atoms with van der Waals surface area (Å²) in [5, 5.41) is 0.869. The predicted octanol–water partition coefficient (Wildman–Crippen LogP) is 3.53. The number of H-pyrrole nitrogens is 1. The number of hydrogen-bond acceptors (Lipinski definition) is 3. The highest BCUT2D eigenvalue weighted by Crippen LogP contribution is 2.27. The van der Waals surface area contributed by atoms with Gasteiger partial charge in [-0.2, -0.15) is 0 Å². The molecule has 0 aliphatic heterocycles. The van der Waals surface area contributed by atoms with E-state index < -0.39 is 0 Å². The molecule has 3 rings (SSSR count). The fraction of sp³-hybridized carbons (Fsp3) is 0.118. The van der Waals surface area contributed by atoms with Crippen LogP contribution < -0.4 is 4.74 Å². The van der Waals surface area contributed by atoms with Crippen molar-refractivity contribution in [2.75, 3.05) is 7.11 Å². The Balaban J connectivity index is 1.88. The van der Waals surface area contributed by atoms with Crippen LogP contribution in [0.25, 0.3) is 10.9 Å². The van der Waals surface area contributed by atoms with Gasteiger partial charge < -0.3 is 14.5 Å². The maximum atomic E-state index is 11.6. The summed E-state index contributed by atoms with van der Waals surface area (Å²) in [5.41, 5.74) is 2.36. The molecule has 4 heteroatoms. The monoisotopic (exact) mass is 281 g/mol. The second-order valence-corrected chi connectivity index (χ2v) is 4.67. The van der Waals surface area contributed by atoms with Crippen LogP contribution in [0.5, 0.6) is 5.75 Å². The molecule has 0 bridgehead atoms. The first kappa shape index (κ1) is 13.2. The molecule has 0 aliphatic rings. The summed E-state index contributed by atoms with van der Waals surface area (Å²) in [7, 11) is 1.36. The predicted molar refractivity (Wildman–Crippen MR) is 80.4 cm³/mol. The minimum atomic E-state index is -0.389. The van der Waals surface area contributed by atoms with Crippen LogP contribution in [0.15, 0.2) is 54.6 Å². The Kier molecular flexibility index (Phi) is 3.60. The summed E-state index contributed by atoms with van der Waals surface area (Å²) >= 11 is 0. The number of hydrogen-bond donors (Lipinski definition) is 1. The lowest BCUT2D eigenvalue weighted by Gasteiger charge is -2.07. The fourth-order valence-corrected chi connectivity index (χ4v) is 2.21.